The Labute approximate surface area is 121 Å². The van der Waals surface area contributed by atoms with Crippen LogP contribution in [0.25, 0.3) is 5.78 Å². The van der Waals surface area contributed by atoms with E-state index in [1.54, 1.807) is 18.5 Å². The molecular weight excluding hydrogens is 274 g/mol. The lowest BCUT2D eigenvalue weighted by Crippen LogP contribution is -2.41. The molecule has 0 spiro atoms. The molecule has 0 saturated heterocycles. The monoisotopic (exact) mass is 291 g/mol. The van der Waals surface area contributed by atoms with Gasteiger partial charge in [0.15, 0.2) is 5.82 Å². The molecule has 8 nitrogen and oxygen atoms in total. The van der Waals surface area contributed by atoms with Gasteiger partial charge in [-0.25, -0.2) is 14.3 Å². The molecule has 1 unspecified atom stereocenters. The molecule has 0 aliphatic carbocycles. The molecule has 2 heterocycles. The van der Waals surface area contributed by atoms with E-state index in [0.29, 0.717) is 18.0 Å². The van der Waals surface area contributed by atoms with Crippen molar-refractivity contribution in [2.45, 2.75) is 38.6 Å². The first-order valence-electron chi connectivity index (χ1n) is 6.78. The molecule has 0 fully saturated rings. The molecule has 2 N–H and O–H groups in total. The Morgan fingerprint density at radius 1 is 1.48 bits per heavy atom. The van der Waals surface area contributed by atoms with Crippen molar-refractivity contribution < 1.29 is 14.7 Å². The summed E-state index contributed by atoms with van der Waals surface area (Å²) < 4.78 is 1.47. The largest absolute Gasteiger partial charge is 0.480 e. The highest BCUT2D eigenvalue weighted by Gasteiger charge is 2.20. The van der Waals surface area contributed by atoms with E-state index in [-0.39, 0.29) is 6.42 Å². The van der Waals surface area contributed by atoms with Crippen molar-refractivity contribution in [3.63, 3.8) is 0 Å². The molecule has 0 aliphatic heterocycles. The molecule has 21 heavy (non-hydrogen) atoms. The van der Waals surface area contributed by atoms with E-state index < -0.39 is 17.9 Å². The van der Waals surface area contributed by atoms with Crippen LogP contribution in [0.15, 0.2) is 18.5 Å². The lowest BCUT2D eigenvalue weighted by Gasteiger charge is -2.13. The van der Waals surface area contributed by atoms with Gasteiger partial charge in [-0.05, 0) is 12.5 Å². The minimum Gasteiger partial charge on any atom is -0.480 e. The number of nitrogens with zero attached hydrogens (tertiary/aromatic N) is 4. The minimum absolute atomic E-state index is 0.0702. The van der Waals surface area contributed by atoms with Gasteiger partial charge in [0.1, 0.15) is 6.04 Å². The fraction of sp³-hybridized carbons (Fsp3) is 0.462. The van der Waals surface area contributed by atoms with E-state index in [4.69, 9.17) is 5.11 Å². The molecule has 2 aromatic rings. The van der Waals surface area contributed by atoms with E-state index in [9.17, 15) is 9.59 Å². The highest BCUT2D eigenvalue weighted by Crippen LogP contribution is 2.02. The van der Waals surface area contributed by atoms with E-state index in [0.717, 1.165) is 12.8 Å². The molecule has 8 heteroatoms. The van der Waals surface area contributed by atoms with Gasteiger partial charge < -0.3 is 10.4 Å². The van der Waals surface area contributed by atoms with Crippen LogP contribution >= 0.6 is 0 Å². The SMILES string of the molecule is CCCCC(NC(=O)Cc1nc2ncccn2n1)C(=O)O. The summed E-state index contributed by atoms with van der Waals surface area (Å²) in [5.41, 5.74) is 0. The number of hydrogen-bond donors (Lipinski definition) is 2. The highest BCUT2D eigenvalue weighted by molar-refractivity contribution is 5.84. The third-order valence-corrected chi connectivity index (χ3v) is 2.96. The number of aliphatic carboxylic acids is 1. The molecule has 0 saturated carbocycles. The summed E-state index contributed by atoms with van der Waals surface area (Å²) in [5.74, 6) is -0.720. The van der Waals surface area contributed by atoms with Crippen LogP contribution in [0.2, 0.25) is 0 Å². The normalized spacial score (nSPS) is 12.2. The molecule has 0 radical (unpaired) electrons. The molecule has 0 aromatic carbocycles. The van der Waals surface area contributed by atoms with Gasteiger partial charge in [0.05, 0.1) is 6.42 Å². The quantitative estimate of drug-likeness (QED) is 0.765. The fourth-order valence-corrected chi connectivity index (χ4v) is 1.91. The summed E-state index contributed by atoms with van der Waals surface area (Å²) in [6.45, 7) is 1.97. The van der Waals surface area contributed by atoms with Crippen LogP contribution in [-0.2, 0) is 16.0 Å². The standard InChI is InChI=1S/C13H17N5O3/c1-2-3-5-9(12(20)21)15-11(19)8-10-16-13-14-6-4-7-18(13)17-10/h4,6-7,9H,2-3,5,8H2,1H3,(H,15,19)(H,20,21). The Kier molecular flexibility index (Phi) is 4.81. The average Bonchev–Trinajstić information content (AvgIpc) is 2.85. The molecular formula is C13H17N5O3. The van der Waals surface area contributed by atoms with Crippen LogP contribution in [0.4, 0.5) is 0 Å². The van der Waals surface area contributed by atoms with Crippen LogP contribution in [-0.4, -0.2) is 42.6 Å². The predicted octanol–water partition coefficient (Wildman–Crippen LogP) is 0.426. The zero-order valence-electron chi connectivity index (χ0n) is 11.7. The number of unbranched alkanes of at least 4 members (excludes halogenated alkanes) is 1. The number of amides is 1. The third kappa shape index (κ3) is 3.98. The molecule has 1 amide bonds. The maximum atomic E-state index is 11.9. The number of hydrogen-bond acceptors (Lipinski definition) is 5. The van der Waals surface area contributed by atoms with Gasteiger partial charge in [-0.3, -0.25) is 4.79 Å². The van der Waals surface area contributed by atoms with Crippen LogP contribution in [0.3, 0.4) is 0 Å². The van der Waals surface area contributed by atoms with Gasteiger partial charge in [-0.1, -0.05) is 19.8 Å². The first-order chi connectivity index (χ1) is 10.1. The third-order valence-electron chi connectivity index (χ3n) is 2.96. The fourth-order valence-electron chi connectivity index (χ4n) is 1.91. The van der Waals surface area contributed by atoms with Crippen molar-refractivity contribution in [3.8, 4) is 0 Å². The number of nitrogens with one attached hydrogen (secondary N) is 1. The van der Waals surface area contributed by atoms with Crippen molar-refractivity contribution in [1.29, 1.82) is 0 Å². The van der Waals surface area contributed by atoms with E-state index in [1.165, 1.54) is 4.52 Å². The Morgan fingerprint density at radius 2 is 2.29 bits per heavy atom. The van der Waals surface area contributed by atoms with Gasteiger partial charge in [0.2, 0.25) is 5.91 Å². The van der Waals surface area contributed by atoms with Crippen LogP contribution in [0.5, 0.6) is 0 Å². The molecule has 1 atom stereocenters. The lowest BCUT2D eigenvalue weighted by atomic mass is 10.1. The summed E-state index contributed by atoms with van der Waals surface area (Å²) in [6, 6.07) is 0.837. The maximum absolute atomic E-state index is 11.9. The second-order valence-electron chi connectivity index (χ2n) is 4.67. The lowest BCUT2D eigenvalue weighted by molar-refractivity contribution is -0.142. The first kappa shape index (κ1) is 14.9. The average molecular weight is 291 g/mol. The number of carboxylic acids is 1. The van der Waals surface area contributed by atoms with Crippen LogP contribution < -0.4 is 5.32 Å². The topological polar surface area (TPSA) is 109 Å². The summed E-state index contributed by atoms with van der Waals surface area (Å²) >= 11 is 0. The molecule has 0 aliphatic rings. The number of fused-ring (bicyclic) bond motifs is 1. The van der Waals surface area contributed by atoms with Gasteiger partial charge in [-0.15, -0.1) is 5.10 Å². The Morgan fingerprint density at radius 3 is 2.95 bits per heavy atom. The number of rotatable bonds is 7. The summed E-state index contributed by atoms with van der Waals surface area (Å²) in [4.78, 5) is 31.1. The molecule has 112 valence electrons. The number of carboxylic acid groups (broad SMARTS) is 1. The first-order valence-corrected chi connectivity index (χ1v) is 6.78. The van der Waals surface area contributed by atoms with E-state index in [1.807, 2.05) is 6.92 Å². The van der Waals surface area contributed by atoms with Gasteiger partial charge >= 0.3 is 5.97 Å². The summed E-state index contributed by atoms with van der Waals surface area (Å²) in [6.07, 6.45) is 5.22. The maximum Gasteiger partial charge on any atom is 0.326 e. The van der Waals surface area contributed by atoms with E-state index in [2.05, 4.69) is 20.4 Å². The van der Waals surface area contributed by atoms with Crippen molar-refractivity contribution in [2.75, 3.05) is 0 Å². The predicted molar refractivity (Wildman–Crippen MR) is 73.6 cm³/mol. The van der Waals surface area contributed by atoms with Crippen molar-refractivity contribution in [3.05, 3.63) is 24.3 Å². The minimum atomic E-state index is -1.03. The number of carbonyl (C=O) groups is 2. The number of aromatic nitrogens is 4. The Balaban J connectivity index is 1.98. The highest BCUT2D eigenvalue weighted by atomic mass is 16.4. The van der Waals surface area contributed by atoms with E-state index >= 15 is 0 Å². The van der Waals surface area contributed by atoms with Gasteiger partial charge in [0, 0.05) is 12.4 Å². The molecule has 2 aromatic heterocycles. The van der Waals surface area contributed by atoms with Crippen LogP contribution in [0, 0.1) is 0 Å². The van der Waals surface area contributed by atoms with Gasteiger partial charge in [-0.2, -0.15) is 4.98 Å². The summed E-state index contributed by atoms with van der Waals surface area (Å²) in [5, 5.41) is 15.7. The zero-order valence-corrected chi connectivity index (χ0v) is 11.7. The second-order valence-corrected chi connectivity index (χ2v) is 4.67. The second kappa shape index (κ2) is 6.78. The number of carbonyl (C=O) groups excluding carboxylic acids is 1. The smallest absolute Gasteiger partial charge is 0.326 e. The zero-order chi connectivity index (χ0) is 15.2. The van der Waals surface area contributed by atoms with Gasteiger partial charge in [0.25, 0.3) is 5.78 Å². The van der Waals surface area contributed by atoms with Crippen LogP contribution in [0.1, 0.15) is 32.0 Å². The summed E-state index contributed by atoms with van der Waals surface area (Å²) in [7, 11) is 0. The Bertz CT molecular complexity index is 607. The molecule has 2 rings (SSSR count). The van der Waals surface area contributed by atoms with Crippen molar-refractivity contribution >= 4 is 17.7 Å². The Hall–Kier alpha value is -2.51. The van der Waals surface area contributed by atoms with Crippen molar-refractivity contribution in [1.82, 2.24) is 24.9 Å². The molecule has 0 bridgehead atoms. The van der Waals surface area contributed by atoms with Crippen molar-refractivity contribution in [2.24, 2.45) is 0 Å².